The Morgan fingerprint density at radius 2 is 1.43 bits per heavy atom. The van der Waals surface area contributed by atoms with Gasteiger partial charge in [0.1, 0.15) is 5.82 Å². The second kappa shape index (κ2) is 11.3. The van der Waals surface area contributed by atoms with E-state index < -0.39 is 5.25 Å². The summed E-state index contributed by atoms with van der Waals surface area (Å²) in [5.41, 5.74) is 2.12. The maximum absolute atomic E-state index is 12.9. The fraction of sp³-hybridized carbons (Fsp3) is 0.318. The third kappa shape index (κ3) is 7.51. The van der Waals surface area contributed by atoms with Crippen molar-refractivity contribution in [2.75, 3.05) is 16.4 Å². The lowest BCUT2D eigenvalue weighted by Crippen LogP contribution is -2.33. The molecule has 0 spiro atoms. The molecule has 0 heterocycles. The summed E-state index contributed by atoms with van der Waals surface area (Å²) in [7, 11) is 0. The standard InChI is InChI=1S/C22H26FN3O3S/c1-4-20(27)25-18-9-5-16(6-10-18)14(2)24-22(29)15(3)30-13-21(28)26-19-11-7-17(23)8-12-19/h5-12,14-15H,4,13H2,1-3H3,(H,24,29)(H,25,27)(H,26,28). The third-order valence-corrected chi connectivity index (χ3v) is 5.48. The van der Waals surface area contributed by atoms with E-state index in [4.69, 9.17) is 0 Å². The van der Waals surface area contributed by atoms with Crippen molar-refractivity contribution in [1.29, 1.82) is 0 Å². The molecule has 0 aromatic heterocycles. The number of thioether (sulfide) groups is 1. The van der Waals surface area contributed by atoms with Gasteiger partial charge in [-0.25, -0.2) is 4.39 Å². The Balaban J connectivity index is 1.79. The Morgan fingerprint density at radius 1 is 0.900 bits per heavy atom. The number of carbonyl (C=O) groups is 3. The van der Waals surface area contributed by atoms with Crippen molar-refractivity contribution in [3.8, 4) is 0 Å². The molecule has 2 aromatic carbocycles. The lowest BCUT2D eigenvalue weighted by Gasteiger charge is -2.18. The molecule has 0 radical (unpaired) electrons. The number of hydrogen-bond acceptors (Lipinski definition) is 4. The zero-order valence-corrected chi connectivity index (χ0v) is 18.0. The zero-order valence-electron chi connectivity index (χ0n) is 17.2. The Bertz CT molecular complexity index is 872. The van der Waals surface area contributed by atoms with Crippen LogP contribution < -0.4 is 16.0 Å². The Morgan fingerprint density at radius 3 is 2.00 bits per heavy atom. The molecule has 0 aliphatic rings. The monoisotopic (exact) mass is 431 g/mol. The van der Waals surface area contributed by atoms with Crippen LogP contribution in [0.15, 0.2) is 48.5 Å². The van der Waals surface area contributed by atoms with Crippen LogP contribution in [0.3, 0.4) is 0 Å². The van der Waals surface area contributed by atoms with Gasteiger partial charge in [0.15, 0.2) is 0 Å². The van der Waals surface area contributed by atoms with Crippen LogP contribution in [-0.2, 0) is 14.4 Å². The van der Waals surface area contributed by atoms with Gasteiger partial charge in [-0.1, -0.05) is 19.1 Å². The first kappa shape index (κ1) is 23.4. The fourth-order valence-electron chi connectivity index (χ4n) is 2.53. The van der Waals surface area contributed by atoms with Gasteiger partial charge < -0.3 is 16.0 Å². The smallest absolute Gasteiger partial charge is 0.234 e. The minimum atomic E-state index is -0.422. The highest BCUT2D eigenvalue weighted by molar-refractivity contribution is 8.01. The summed E-state index contributed by atoms with van der Waals surface area (Å²) in [4.78, 5) is 35.9. The van der Waals surface area contributed by atoms with Gasteiger partial charge >= 0.3 is 0 Å². The summed E-state index contributed by atoms with van der Waals surface area (Å²) in [6.45, 7) is 5.39. The van der Waals surface area contributed by atoms with E-state index in [-0.39, 0.29) is 35.3 Å². The van der Waals surface area contributed by atoms with Crippen LogP contribution in [0.5, 0.6) is 0 Å². The van der Waals surface area contributed by atoms with Crippen molar-refractivity contribution in [3.63, 3.8) is 0 Å². The third-order valence-electron chi connectivity index (χ3n) is 4.34. The minimum Gasteiger partial charge on any atom is -0.349 e. The molecule has 30 heavy (non-hydrogen) atoms. The summed E-state index contributed by atoms with van der Waals surface area (Å²) >= 11 is 1.22. The molecule has 160 valence electrons. The van der Waals surface area contributed by atoms with Crippen LogP contribution in [0.4, 0.5) is 15.8 Å². The van der Waals surface area contributed by atoms with Gasteiger partial charge in [-0.15, -0.1) is 11.8 Å². The molecule has 3 N–H and O–H groups in total. The second-order valence-corrected chi connectivity index (χ2v) is 8.09. The van der Waals surface area contributed by atoms with Crippen LogP contribution in [0, 0.1) is 5.82 Å². The largest absolute Gasteiger partial charge is 0.349 e. The number of hydrogen-bond donors (Lipinski definition) is 3. The average Bonchev–Trinajstić information content (AvgIpc) is 2.73. The summed E-state index contributed by atoms with van der Waals surface area (Å²) in [5.74, 6) is -0.762. The summed E-state index contributed by atoms with van der Waals surface area (Å²) in [6, 6.07) is 12.6. The molecule has 8 heteroatoms. The van der Waals surface area contributed by atoms with Crippen molar-refractivity contribution < 1.29 is 18.8 Å². The first-order valence-electron chi connectivity index (χ1n) is 9.65. The van der Waals surface area contributed by atoms with Gasteiger partial charge in [0.2, 0.25) is 17.7 Å². The molecule has 2 atom stereocenters. The number of halogens is 1. The van der Waals surface area contributed by atoms with E-state index in [2.05, 4.69) is 16.0 Å². The predicted molar refractivity (Wildman–Crippen MR) is 119 cm³/mol. The molecular formula is C22H26FN3O3S. The average molecular weight is 432 g/mol. The molecule has 0 bridgehead atoms. The van der Waals surface area contributed by atoms with E-state index in [1.165, 1.54) is 36.0 Å². The number of benzene rings is 2. The molecule has 0 fully saturated rings. The van der Waals surface area contributed by atoms with Crippen molar-refractivity contribution in [2.45, 2.75) is 38.5 Å². The lowest BCUT2D eigenvalue weighted by molar-refractivity contribution is -0.121. The van der Waals surface area contributed by atoms with Crippen molar-refractivity contribution in [1.82, 2.24) is 5.32 Å². The van der Waals surface area contributed by atoms with Crippen LogP contribution in [0.2, 0.25) is 0 Å². The van der Waals surface area contributed by atoms with Crippen molar-refractivity contribution in [3.05, 3.63) is 59.9 Å². The van der Waals surface area contributed by atoms with E-state index in [9.17, 15) is 18.8 Å². The van der Waals surface area contributed by atoms with Crippen LogP contribution in [-0.4, -0.2) is 28.7 Å². The Kier molecular flexibility index (Phi) is 8.86. The van der Waals surface area contributed by atoms with E-state index in [0.717, 1.165) is 5.56 Å². The molecule has 2 unspecified atom stereocenters. The predicted octanol–water partition coefficient (Wildman–Crippen LogP) is 4.11. The zero-order chi connectivity index (χ0) is 22.1. The summed E-state index contributed by atoms with van der Waals surface area (Å²) < 4.78 is 12.9. The van der Waals surface area contributed by atoms with Gasteiger partial charge in [-0.05, 0) is 55.8 Å². The summed E-state index contributed by atoms with van der Waals surface area (Å²) in [6.07, 6.45) is 0.408. The quantitative estimate of drug-likeness (QED) is 0.558. The van der Waals surface area contributed by atoms with Crippen molar-refractivity contribution >= 4 is 40.9 Å². The maximum atomic E-state index is 12.9. The highest BCUT2D eigenvalue weighted by Gasteiger charge is 2.18. The highest BCUT2D eigenvalue weighted by Crippen LogP contribution is 2.18. The topological polar surface area (TPSA) is 87.3 Å². The second-order valence-electron chi connectivity index (χ2n) is 6.76. The molecule has 0 saturated carbocycles. The lowest BCUT2D eigenvalue weighted by atomic mass is 10.1. The molecule has 2 aromatic rings. The van der Waals surface area contributed by atoms with Gasteiger partial charge in [0, 0.05) is 17.8 Å². The molecular weight excluding hydrogens is 405 g/mol. The maximum Gasteiger partial charge on any atom is 0.234 e. The van der Waals surface area contributed by atoms with E-state index in [0.29, 0.717) is 17.8 Å². The minimum absolute atomic E-state index is 0.0570. The molecule has 0 aliphatic carbocycles. The van der Waals surface area contributed by atoms with E-state index in [1.807, 2.05) is 19.1 Å². The van der Waals surface area contributed by atoms with E-state index >= 15 is 0 Å². The summed E-state index contributed by atoms with van der Waals surface area (Å²) in [5, 5.41) is 7.95. The van der Waals surface area contributed by atoms with E-state index in [1.54, 1.807) is 26.0 Å². The number of anilines is 2. The molecule has 2 rings (SSSR count). The van der Waals surface area contributed by atoms with Gasteiger partial charge in [-0.2, -0.15) is 0 Å². The van der Waals surface area contributed by atoms with Gasteiger partial charge in [0.05, 0.1) is 17.0 Å². The Labute approximate surface area is 180 Å². The molecule has 6 nitrogen and oxygen atoms in total. The fourth-order valence-corrected chi connectivity index (χ4v) is 3.22. The van der Waals surface area contributed by atoms with Crippen LogP contribution >= 0.6 is 11.8 Å². The molecule has 0 aliphatic heterocycles. The van der Waals surface area contributed by atoms with Crippen LogP contribution in [0.1, 0.15) is 38.8 Å². The number of nitrogens with one attached hydrogen (secondary N) is 3. The van der Waals surface area contributed by atoms with Gasteiger partial charge in [0.25, 0.3) is 0 Å². The van der Waals surface area contributed by atoms with Crippen molar-refractivity contribution in [2.24, 2.45) is 0 Å². The first-order valence-corrected chi connectivity index (χ1v) is 10.7. The number of amides is 3. The van der Waals surface area contributed by atoms with Crippen LogP contribution in [0.25, 0.3) is 0 Å². The molecule has 0 saturated heterocycles. The highest BCUT2D eigenvalue weighted by atomic mass is 32.2. The van der Waals surface area contributed by atoms with Gasteiger partial charge in [-0.3, -0.25) is 14.4 Å². The first-order chi connectivity index (χ1) is 14.3. The number of carbonyl (C=O) groups excluding carboxylic acids is 3. The number of rotatable bonds is 9. The molecule has 3 amide bonds. The normalized spacial score (nSPS) is 12.5. The SMILES string of the molecule is CCC(=O)Nc1ccc(C(C)NC(=O)C(C)SCC(=O)Nc2ccc(F)cc2)cc1. The Hall–Kier alpha value is -2.87.